The minimum absolute atomic E-state index is 0. The highest BCUT2D eigenvalue weighted by atomic mass is 127. The first-order valence-electron chi connectivity index (χ1n) is 9.50. The van der Waals surface area contributed by atoms with Gasteiger partial charge in [-0.05, 0) is 39.3 Å². The molecule has 27 heavy (non-hydrogen) atoms. The van der Waals surface area contributed by atoms with E-state index in [1.807, 2.05) is 20.8 Å². The van der Waals surface area contributed by atoms with Gasteiger partial charge < -0.3 is 25.2 Å². The normalized spacial score (nSPS) is 16.6. The zero-order valence-electron chi connectivity index (χ0n) is 16.9. The van der Waals surface area contributed by atoms with Gasteiger partial charge in [-0.25, -0.2) is 4.99 Å². The second-order valence-corrected chi connectivity index (χ2v) is 7.16. The van der Waals surface area contributed by atoms with Crippen LogP contribution in [0.4, 0.5) is 0 Å². The molecule has 1 aliphatic rings. The van der Waals surface area contributed by atoms with Crippen molar-refractivity contribution >= 4 is 29.9 Å². The van der Waals surface area contributed by atoms with E-state index in [0.29, 0.717) is 45.1 Å². The Hall–Kier alpha value is -1.06. The van der Waals surface area contributed by atoms with Crippen LogP contribution in [0.2, 0.25) is 0 Å². The molecule has 0 amide bonds. The molecule has 0 radical (unpaired) electrons. The molecule has 0 aliphatic carbocycles. The molecule has 154 valence electrons. The zero-order valence-corrected chi connectivity index (χ0v) is 19.2. The molecule has 3 N–H and O–H groups in total. The molecular formula is C20H34IN3O3. The third-order valence-corrected chi connectivity index (χ3v) is 4.35. The van der Waals surface area contributed by atoms with E-state index in [4.69, 9.17) is 9.47 Å². The molecule has 6 nitrogen and oxygen atoms in total. The van der Waals surface area contributed by atoms with Crippen LogP contribution in [0.3, 0.4) is 0 Å². The molecule has 1 saturated heterocycles. The highest BCUT2D eigenvalue weighted by Crippen LogP contribution is 2.23. The van der Waals surface area contributed by atoms with E-state index < -0.39 is 5.60 Å². The van der Waals surface area contributed by atoms with Gasteiger partial charge in [0.2, 0.25) is 0 Å². The van der Waals surface area contributed by atoms with Crippen molar-refractivity contribution in [3.05, 3.63) is 29.3 Å². The fourth-order valence-electron chi connectivity index (χ4n) is 2.84. The van der Waals surface area contributed by atoms with Crippen LogP contribution in [-0.4, -0.2) is 49.1 Å². The maximum Gasteiger partial charge on any atom is 0.191 e. The number of hydrogen-bond donors (Lipinski definition) is 3. The average molecular weight is 491 g/mol. The summed E-state index contributed by atoms with van der Waals surface area (Å²) < 4.78 is 11.3. The van der Waals surface area contributed by atoms with E-state index in [1.165, 1.54) is 5.56 Å². The lowest BCUT2D eigenvalue weighted by Gasteiger charge is -2.32. The number of aryl methyl sites for hydroxylation is 1. The summed E-state index contributed by atoms with van der Waals surface area (Å²) in [6.07, 6.45) is 1.40. The molecule has 1 fully saturated rings. The number of ether oxygens (including phenoxy) is 2. The van der Waals surface area contributed by atoms with E-state index >= 15 is 0 Å². The van der Waals surface area contributed by atoms with Gasteiger partial charge in [0, 0.05) is 44.7 Å². The predicted molar refractivity (Wildman–Crippen MR) is 120 cm³/mol. The second-order valence-electron chi connectivity index (χ2n) is 7.16. The van der Waals surface area contributed by atoms with Gasteiger partial charge in [-0.15, -0.1) is 24.0 Å². The summed E-state index contributed by atoms with van der Waals surface area (Å²) in [4.78, 5) is 4.67. The monoisotopic (exact) mass is 491 g/mol. The van der Waals surface area contributed by atoms with Crippen molar-refractivity contribution in [3.63, 3.8) is 0 Å². The first-order chi connectivity index (χ1) is 12.4. The van der Waals surface area contributed by atoms with Gasteiger partial charge >= 0.3 is 0 Å². The quantitative estimate of drug-likeness (QED) is 0.311. The summed E-state index contributed by atoms with van der Waals surface area (Å²) in [6, 6.07) is 6.19. The molecule has 2 rings (SSSR count). The Kier molecular flexibility index (Phi) is 10.4. The Morgan fingerprint density at radius 2 is 2.00 bits per heavy atom. The van der Waals surface area contributed by atoms with Crippen LogP contribution in [-0.2, 0) is 11.3 Å². The average Bonchev–Trinajstić information content (AvgIpc) is 2.59. The molecule has 1 aliphatic heterocycles. The van der Waals surface area contributed by atoms with Crippen LogP contribution in [0.25, 0.3) is 0 Å². The van der Waals surface area contributed by atoms with Crippen LogP contribution < -0.4 is 15.4 Å². The number of halogens is 1. The topological polar surface area (TPSA) is 75.1 Å². The maximum absolute atomic E-state index is 10.6. The van der Waals surface area contributed by atoms with Gasteiger partial charge in [0.1, 0.15) is 5.75 Å². The van der Waals surface area contributed by atoms with Crippen molar-refractivity contribution < 1.29 is 14.6 Å². The van der Waals surface area contributed by atoms with E-state index in [9.17, 15) is 5.11 Å². The van der Waals surface area contributed by atoms with Crippen molar-refractivity contribution in [2.45, 2.75) is 58.8 Å². The minimum atomic E-state index is -0.732. The van der Waals surface area contributed by atoms with E-state index in [2.05, 4.69) is 40.7 Å². The number of guanidine groups is 1. The van der Waals surface area contributed by atoms with E-state index in [-0.39, 0.29) is 30.1 Å². The standard InChI is InChI=1S/C20H33N3O3.HI/c1-5-21-19(23-14-20(24)8-10-25-11-9-20)22-13-17-7-6-16(4)12-18(17)26-15(2)3;/h6-7,12,15,24H,5,8-11,13-14H2,1-4H3,(H2,21,22,23);1H. The van der Waals surface area contributed by atoms with Crippen molar-refractivity contribution in [3.8, 4) is 5.75 Å². The molecule has 0 bridgehead atoms. The summed E-state index contributed by atoms with van der Waals surface area (Å²) >= 11 is 0. The summed E-state index contributed by atoms with van der Waals surface area (Å²) in [5, 5.41) is 17.1. The van der Waals surface area contributed by atoms with Crippen LogP contribution in [0.1, 0.15) is 44.7 Å². The lowest BCUT2D eigenvalue weighted by molar-refractivity contribution is -0.0594. The highest BCUT2D eigenvalue weighted by molar-refractivity contribution is 14.0. The number of aliphatic hydroxyl groups is 1. The zero-order chi connectivity index (χ0) is 19.0. The van der Waals surface area contributed by atoms with Gasteiger partial charge in [0.05, 0.1) is 18.2 Å². The maximum atomic E-state index is 10.6. The molecular weight excluding hydrogens is 457 g/mol. The van der Waals surface area contributed by atoms with Crippen LogP contribution in [0.15, 0.2) is 23.2 Å². The van der Waals surface area contributed by atoms with Crippen LogP contribution in [0.5, 0.6) is 5.75 Å². The molecule has 0 spiro atoms. The van der Waals surface area contributed by atoms with Gasteiger partial charge in [0.25, 0.3) is 0 Å². The predicted octanol–water partition coefficient (Wildman–Crippen LogP) is 3.00. The Balaban J connectivity index is 0.00000364. The summed E-state index contributed by atoms with van der Waals surface area (Å²) in [7, 11) is 0. The lowest BCUT2D eigenvalue weighted by Crippen LogP contribution is -2.49. The summed E-state index contributed by atoms with van der Waals surface area (Å²) in [5.74, 6) is 1.58. The molecule has 1 aromatic rings. The van der Waals surface area contributed by atoms with Gasteiger partial charge in [0.15, 0.2) is 5.96 Å². The van der Waals surface area contributed by atoms with Crippen molar-refractivity contribution in [1.29, 1.82) is 0 Å². The smallest absolute Gasteiger partial charge is 0.191 e. The van der Waals surface area contributed by atoms with Gasteiger partial charge in [-0.2, -0.15) is 0 Å². The molecule has 0 unspecified atom stereocenters. The molecule has 0 saturated carbocycles. The number of hydrogen-bond acceptors (Lipinski definition) is 4. The van der Waals surface area contributed by atoms with E-state index in [0.717, 1.165) is 17.9 Å². The Morgan fingerprint density at radius 3 is 2.63 bits per heavy atom. The van der Waals surface area contributed by atoms with E-state index in [1.54, 1.807) is 0 Å². The lowest BCUT2D eigenvalue weighted by atomic mass is 9.94. The first-order valence-corrected chi connectivity index (χ1v) is 9.50. The largest absolute Gasteiger partial charge is 0.491 e. The fourth-order valence-corrected chi connectivity index (χ4v) is 2.84. The molecule has 1 aromatic carbocycles. The third-order valence-electron chi connectivity index (χ3n) is 4.35. The molecule has 0 atom stereocenters. The van der Waals surface area contributed by atoms with Crippen molar-refractivity contribution in [2.24, 2.45) is 4.99 Å². The Bertz CT molecular complexity index is 602. The van der Waals surface area contributed by atoms with Crippen molar-refractivity contribution in [2.75, 3.05) is 26.3 Å². The van der Waals surface area contributed by atoms with Gasteiger partial charge in [-0.3, -0.25) is 0 Å². The number of nitrogens with zero attached hydrogens (tertiary/aromatic N) is 1. The SMILES string of the molecule is CCNC(=NCc1ccc(C)cc1OC(C)C)NCC1(O)CCOCC1.I. The number of benzene rings is 1. The molecule has 0 aromatic heterocycles. The Labute approximate surface area is 180 Å². The summed E-state index contributed by atoms with van der Waals surface area (Å²) in [6.45, 7) is 11.1. The summed E-state index contributed by atoms with van der Waals surface area (Å²) in [5.41, 5.74) is 1.48. The molecule has 1 heterocycles. The first kappa shape index (κ1) is 24.0. The third kappa shape index (κ3) is 8.23. The highest BCUT2D eigenvalue weighted by Gasteiger charge is 2.29. The van der Waals surface area contributed by atoms with Crippen LogP contribution in [0, 0.1) is 6.92 Å². The molecule has 7 heteroatoms. The second kappa shape index (κ2) is 11.7. The van der Waals surface area contributed by atoms with Crippen LogP contribution >= 0.6 is 24.0 Å². The number of rotatable bonds is 7. The number of nitrogens with one attached hydrogen (secondary N) is 2. The van der Waals surface area contributed by atoms with Gasteiger partial charge in [-0.1, -0.05) is 12.1 Å². The minimum Gasteiger partial charge on any atom is -0.491 e. The fraction of sp³-hybridized carbons (Fsp3) is 0.650. The number of aliphatic imine (C=N–C) groups is 1. The van der Waals surface area contributed by atoms with Crippen molar-refractivity contribution in [1.82, 2.24) is 10.6 Å². The Morgan fingerprint density at radius 1 is 1.30 bits per heavy atom.